The molecule has 0 unspecified atom stereocenters. The molecular formula is C17H21N5O3. The van der Waals surface area contributed by atoms with Crippen molar-refractivity contribution in [2.75, 3.05) is 11.9 Å². The summed E-state index contributed by atoms with van der Waals surface area (Å²) in [6, 6.07) is 9.58. The monoisotopic (exact) mass is 343 g/mol. The summed E-state index contributed by atoms with van der Waals surface area (Å²) < 4.78 is 8.80. The Balaban J connectivity index is 1.97. The molecule has 3 aromatic rings. The van der Waals surface area contributed by atoms with E-state index < -0.39 is 11.2 Å². The number of fused-ring (bicyclic) bond motifs is 1. The third-order valence-electron chi connectivity index (χ3n) is 3.75. The van der Waals surface area contributed by atoms with Gasteiger partial charge in [-0.15, -0.1) is 0 Å². The van der Waals surface area contributed by atoms with E-state index in [1.807, 2.05) is 44.2 Å². The van der Waals surface area contributed by atoms with Crippen LogP contribution in [0.25, 0.3) is 11.2 Å². The average Bonchev–Trinajstić information content (AvgIpc) is 2.92. The minimum Gasteiger partial charge on any atom is -0.492 e. The van der Waals surface area contributed by atoms with E-state index in [0.717, 1.165) is 5.75 Å². The van der Waals surface area contributed by atoms with Crippen LogP contribution in [0.2, 0.25) is 0 Å². The van der Waals surface area contributed by atoms with Gasteiger partial charge >= 0.3 is 5.69 Å². The molecule has 2 heterocycles. The number of hydrogen-bond acceptors (Lipinski definition) is 5. The topological polar surface area (TPSA) is 93.9 Å². The molecule has 0 aliphatic heterocycles. The Bertz CT molecular complexity index is 985. The summed E-state index contributed by atoms with van der Waals surface area (Å²) in [5.41, 5.74) is -0.251. The van der Waals surface area contributed by atoms with Crippen LogP contribution in [0, 0.1) is 0 Å². The number of ether oxygens (including phenoxy) is 1. The molecule has 0 bridgehead atoms. The molecule has 132 valence electrons. The maximum atomic E-state index is 12.3. The zero-order chi connectivity index (χ0) is 18.0. The molecule has 0 radical (unpaired) electrons. The summed E-state index contributed by atoms with van der Waals surface area (Å²) in [7, 11) is 1.58. The van der Waals surface area contributed by atoms with Gasteiger partial charge in [-0.1, -0.05) is 18.2 Å². The van der Waals surface area contributed by atoms with Gasteiger partial charge in [0.2, 0.25) is 5.95 Å². The number of para-hydroxylation sites is 1. The van der Waals surface area contributed by atoms with Gasteiger partial charge < -0.3 is 14.6 Å². The fourth-order valence-electron chi connectivity index (χ4n) is 2.59. The van der Waals surface area contributed by atoms with Crippen LogP contribution in [0.3, 0.4) is 0 Å². The Hall–Kier alpha value is -3.03. The molecule has 8 heteroatoms. The number of anilines is 1. The maximum absolute atomic E-state index is 12.3. The second-order valence-electron chi connectivity index (χ2n) is 6.04. The van der Waals surface area contributed by atoms with E-state index in [1.165, 1.54) is 4.57 Å². The smallest absolute Gasteiger partial charge is 0.329 e. The number of aromatic amines is 1. The highest BCUT2D eigenvalue weighted by Crippen LogP contribution is 2.16. The number of H-pyrrole nitrogens is 1. The molecule has 2 N–H and O–H groups in total. The number of imidazole rings is 1. The van der Waals surface area contributed by atoms with Crippen LogP contribution in [0.1, 0.15) is 13.8 Å². The zero-order valence-electron chi connectivity index (χ0n) is 14.4. The highest BCUT2D eigenvalue weighted by atomic mass is 16.5. The summed E-state index contributed by atoms with van der Waals surface area (Å²) in [5, 5.41) is 3.21. The molecule has 2 aromatic heterocycles. The summed E-state index contributed by atoms with van der Waals surface area (Å²) in [4.78, 5) is 30.9. The number of hydrogen-bond donors (Lipinski definition) is 2. The summed E-state index contributed by atoms with van der Waals surface area (Å²) in [6.45, 7) is 4.74. The first-order valence-corrected chi connectivity index (χ1v) is 8.11. The summed E-state index contributed by atoms with van der Waals surface area (Å²) >= 11 is 0. The molecule has 0 spiro atoms. The summed E-state index contributed by atoms with van der Waals surface area (Å²) in [5.74, 6) is 1.29. The van der Waals surface area contributed by atoms with Crippen molar-refractivity contribution in [2.45, 2.75) is 26.4 Å². The van der Waals surface area contributed by atoms with E-state index in [1.54, 1.807) is 11.6 Å². The third kappa shape index (κ3) is 3.42. The minimum absolute atomic E-state index is 0.127. The van der Waals surface area contributed by atoms with Crippen molar-refractivity contribution in [2.24, 2.45) is 7.05 Å². The normalized spacial score (nSPS) is 11.2. The van der Waals surface area contributed by atoms with Crippen molar-refractivity contribution in [3.63, 3.8) is 0 Å². The predicted molar refractivity (Wildman–Crippen MR) is 96.3 cm³/mol. The van der Waals surface area contributed by atoms with Gasteiger partial charge in [-0.2, -0.15) is 4.98 Å². The van der Waals surface area contributed by atoms with Crippen LogP contribution in [-0.4, -0.2) is 31.8 Å². The predicted octanol–water partition coefficient (Wildman–Crippen LogP) is 1.32. The van der Waals surface area contributed by atoms with Gasteiger partial charge in [-0.3, -0.25) is 14.3 Å². The molecule has 0 aliphatic carbocycles. The minimum atomic E-state index is -0.487. The quantitative estimate of drug-likeness (QED) is 0.704. The van der Waals surface area contributed by atoms with E-state index in [2.05, 4.69) is 15.3 Å². The van der Waals surface area contributed by atoms with E-state index in [0.29, 0.717) is 30.3 Å². The van der Waals surface area contributed by atoms with Crippen LogP contribution >= 0.6 is 0 Å². The first-order valence-electron chi connectivity index (χ1n) is 8.11. The van der Waals surface area contributed by atoms with Crippen molar-refractivity contribution in [1.82, 2.24) is 19.1 Å². The molecule has 3 rings (SSSR count). The number of benzene rings is 1. The number of aromatic nitrogens is 4. The van der Waals surface area contributed by atoms with Gasteiger partial charge in [-0.25, -0.2) is 4.79 Å². The Morgan fingerprint density at radius 1 is 1.24 bits per heavy atom. The lowest BCUT2D eigenvalue weighted by Gasteiger charge is -2.13. The SMILES string of the molecule is CC(C)Nc1nc2c(c(=O)[nH]c(=O)n2C)n1CCOc1ccccc1. The van der Waals surface area contributed by atoms with Crippen molar-refractivity contribution >= 4 is 17.1 Å². The van der Waals surface area contributed by atoms with Gasteiger partial charge in [-0.05, 0) is 26.0 Å². The molecule has 0 amide bonds. The van der Waals surface area contributed by atoms with Crippen LogP contribution < -0.4 is 21.3 Å². The molecule has 0 saturated carbocycles. The van der Waals surface area contributed by atoms with Crippen LogP contribution in [-0.2, 0) is 13.6 Å². The fraction of sp³-hybridized carbons (Fsp3) is 0.353. The Kier molecular flexibility index (Phi) is 4.60. The highest BCUT2D eigenvalue weighted by Gasteiger charge is 2.17. The van der Waals surface area contributed by atoms with Crippen molar-refractivity contribution in [3.8, 4) is 5.75 Å². The lowest BCUT2D eigenvalue weighted by atomic mass is 10.3. The van der Waals surface area contributed by atoms with Gasteiger partial charge in [0, 0.05) is 13.1 Å². The van der Waals surface area contributed by atoms with Crippen molar-refractivity contribution < 1.29 is 4.74 Å². The Labute approximate surface area is 144 Å². The lowest BCUT2D eigenvalue weighted by molar-refractivity contribution is 0.300. The molecule has 25 heavy (non-hydrogen) atoms. The standard InChI is InChI=1S/C17H21N5O3/c1-11(2)18-16-19-14-13(15(23)20-17(24)21(14)3)22(16)9-10-25-12-7-5-4-6-8-12/h4-8,11H,9-10H2,1-3H3,(H,18,19)(H,20,23,24). The van der Waals surface area contributed by atoms with Crippen LogP contribution in [0.15, 0.2) is 39.9 Å². The van der Waals surface area contributed by atoms with Gasteiger partial charge in [0.05, 0.1) is 6.54 Å². The van der Waals surface area contributed by atoms with E-state index >= 15 is 0 Å². The number of rotatable bonds is 6. The fourth-order valence-corrected chi connectivity index (χ4v) is 2.59. The van der Waals surface area contributed by atoms with E-state index in [4.69, 9.17) is 4.74 Å². The highest BCUT2D eigenvalue weighted by molar-refractivity contribution is 5.74. The van der Waals surface area contributed by atoms with Crippen molar-refractivity contribution in [1.29, 1.82) is 0 Å². The molecular weight excluding hydrogens is 322 g/mol. The maximum Gasteiger partial charge on any atom is 0.329 e. The van der Waals surface area contributed by atoms with E-state index in [-0.39, 0.29) is 6.04 Å². The van der Waals surface area contributed by atoms with Gasteiger partial charge in [0.1, 0.15) is 12.4 Å². The number of nitrogens with one attached hydrogen (secondary N) is 2. The number of aryl methyl sites for hydroxylation is 1. The van der Waals surface area contributed by atoms with Crippen molar-refractivity contribution in [3.05, 3.63) is 51.2 Å². The average molecular weight is 343 g/mol. The second-order valence-corrected chi connectivity index (χ2v) is 6.04. The van der Waals surface area contributed by atoms with E-state index in [9.17, 15) is 9.59 Å². The first kappa shape index (κ1) is 16.8. The first-order chi connectivity index (χ1) is 12.0. The number of nitrogens with zero attached hydrogens (tertiary/aromatic N) is 3. The zero-order valence-corrected chi connectivity index (χ0v) is 14.4. The third-order valence-corrected chi connectivity index (χ3v) is 3.75. The molecule has 0 atom stereocenters. The second kappa shape index (κ2) is 6.84. The van der Waals surface area contributed by atoms with Crippen LogP contribution in [0.4, 0.5) is 5.95 Å². The molecule has 0 fully saturated rings. The summed E-state index contributed by atoms with van der Waals surface area (Å²) in [6.07, 6.45) is 0. The van der Waals surface area contributed by atoms with Crippen LogP contribution in [0.5, 0.6) is 5.75 Å². The van der Waals surface area contributed by atoms with Gasteiger partial charge in [0.15, 0.2) is 11.2 Å². The molecule has 1 aromatic carbocycles. The lowest BCUT2D eigenvalue weighted by Crippen LogP contribution is -2.29. The molecule has 8 nitrogen and oxygen atoms in total. The largest absolute Gasteiger partial charge is 0.492 e. The van der Waals surface area contributed by atoms with Gasteiger partial charge in [0.25, 0.3) is 5.56 Å². The Morgan fingerprint density at radius 3 is 2.64 bits per heavy atom. The molecule has 0 saturated heterocycles. The Morgan fingerprint density at radius 2 is 1.96 bits per heavy atom. The molecule has 0 aliphatic rings.